The number of ketones is 1. The molecule has 0 saturated heterocycles. The van der Waals surface area contributed by atoms with Crippen molar-refractivity contribution in [2.75, 3.05) is 7.11 Å². The summed E-state index contributed by atoms with van der Waals surface area (Å²) in [5, 5.41) is 0. The largest absolute Gasteiger partial charge is 0.497 e. The molecular weight excluding hydrogens is 252 g/mol. The molecule has 20 heavy (non-hydrogen) atoms. The maximum atomic E-state index is 12.4. The molecule has 2 aromatic carbocycles. The zero-order chi connectivity index (χ0) is 14.5. The van der Waals surface area contributed by atoms with Crippen molar-refractivity contribution in [3.8, 4) is 11.5 Å². The van der Waals surface area contributed by atoms with Gasteiger partial charge in [0.15, 0.2) is 5.78 Å². The second kappa shape index (κ2) is 6.24. The molecule has 0 fully saturated rings. The predicted molar refractivity (Wildman–Crippen MR) is 78.6 cm³/mol. The molecule has 0 bridgehead atoms. The first-order valence-corrected chi connectivity index (χ1v) is 6.55. The van der Waals surface area contributed by atoms with Crippen LogP contribution in [-0.4, -0.2) is 19.0 Å². The van der Waals surface area contributed by atoms with E-state index in [9.17, 15) is 4.79 Å². The zero-order valence-electron chi connectivity index (χ0n) is 11.9. The molecule has 0 heterocycles. The molecule has 0 amide bonds. The molecule has 0 N–H and O–H groups in total. The van der Waals surface area contributed by atoms with Crippen LogP contribution in [0.15, 0.2) is 48.5 Å². The first-order valence-electron chi connectivity index (χ1n) is 6.55. The van der Waals surface area contributed by atoms with Crippen LogP contribution in [0.3, 0.4) is 0 Å². The van der Waals surface area contributed by atoms with Gasteiger partial charge in [-0.25, -0.2) is 0 Å². The van der Waals surface area contributed by atoms with Gasteiger partial charge in [-0.3, -0.25) is 4.79 Å². The SMILES string of the molecule is COc1ccc(C(=O)c2cccc(OC(C)C)c2)cc1. The van der Waals surface area contributed by atoms with Crippen molar-refractivity contribution in [1.82, 2.24) is 0 Å². The Balaban J connectivity index is 2.23. The van der Waals surface area contributed by atoms with Gasteiger partial charge in [-0.1, -0.05) is 12.1 Å². The molecule has 0 aliphatic rings. The smallest absolute Gasteiger partial charge is 0.193 e. The summed E-state index contributed by atoms with van der Waals surface area (Å²) in [7, 11) is 1.60. The van der Waals surface area contributed by atoms with E-state index in [0.717, 1.165) is 5.75 Å². The highest BCUT2D eigenvalue weighted by atomic mass is 16.5. The van der Waals surface area contributed by atoms with Gasteiger partial charge in [0.05, 0.1) is 13.2 Å². The van der Waals surface area contributed by atoms with Crippen molar-refractivity contribution in [3.05, 3.63) is 59.7 Å². The van der Waals surface area contributed by atoms with Crippen LogP contribution in [0.4, 0.5) is 0 Å². The second-order valence-corrected chi connectivity index (χ2v) is 4.75. The second-order valence-electron chi connectivity index (χ2n) is 4.75. The van der Waals surface area contributed by atoms with E-state index < -0.39 is 0 Å². The van der Waals surface area contributed by atoms with Gasteiger partial charge in [0.1, 0.15) is 11.5 Å². The lowest BCUT2D eigenvalue weighted by atomic mass is 10.0. The standard InChI is InChI=1S/C17H18O3/c1-12(2)20-16-6-4-5-14(11-16)17(18)13-7-9-15(19-3)10-8-13/h4-12H,1-3H3. The van der Waals surface area contributed by atoms with E-state index in [4.69, 9.17) is 9.47 Å². The van der Waals surface area contributed by atoms with Crippen LogP contribution in [0.1, 0.15) is 29.8 Å². The lowest BCUT2D eigenvalue weighted by Crippen LogP contribution is -2.07. The summed E-state index contributed by atoms with van der Waals surface area (Å²) in [6.45, 7) is 3.91. The van der Waals surface area contributed by atoms with Crippen LogP contribution >= 0.6 is 0 Å². The fourth-order valence-corrected chi connectivity index (χ4v) is 1.89. The molecule has 0 aliphatic heterocycles. The molecule has 3 heteroatoms. The van der Waals surface area contributed by atoms with E-state index >= 15 is 0 Å². The van der Waals surface area contributed by atoms with Gasteiger partial charge >= 0.3 is 0 Å². The van der Waals surface area contributed by atoms with Crippen molar-refractivity contribution < 1.29 is 14.3 Å². The van der Waals surface area contributed by atoms with Crippen molar-refractivity contribution in [2.45, 2.75) is 20.0 Å². The molecule has 104 valence electrons. The normalized spacial score (nSPS) is 10.4. The van der Waals surface area contributed by atoms with E-state index in [1.165, 1.54) is 0 Å². The summed E-state index contributed by atoms with van der Waals surface area (Å²) in [6, 6.07) is 14.3. The molecule has 0 saturated carbocycles. The highest BCUT2D eigenvalue weighted by Crippen LogP contribution is 2.19. The fourth-order valence-electron chi connectivity index (χ4n) is 1.89. The Morgan fingerprint density at radius 2 is 1.65 bits per heavy atom. The summed E-state index contributed by atoms with van der Waals surface area (Å²) >= 11 is 0. The number of ether oxygens (including phenoxy) is 2. The number of hydrogen-bond acceptors (Lipinski definition) is 3. The van der Waals surface area contributed by atoms with E-state index in [0.29, 0.717) is 16.9 Å². The zero-order valence-corrected chi connectivity index (χ0v) is 11.9. The van der Waals surface area contributed by atoms with Gasteiger partial charge < -0.3 is 9.47 Å². The highest BCUT2D eigenvalue weighted by molar-refractivity contribution is 6.09. The molecule has 3 nitrogen and oxygen atoms in total. The molecule has 0 unspecified atom stereocenters. The van der Waals surface area contributed by atoms with Gasteiger partial charge in [0, 0.05) is 11.1 Å². The Morgan fingerprint density at radius 3 is 2.25 bits per heavy atom. The van der Waals surface area contributed by atoms with Crippen molar-refractivity contribution in [1.29, 1.82) is 0 Å². The minimum absolute atomic E-state index is 0.0261. The molecule has 2 aromatic rings. The van der Waals surface area contributed by atoms with E-state index in [2.05, 4.69) is 0 Å². The Labute approximate surface area is 119 Å². The average molecular weight is 270 g/mol. The third-order valence-electron chi connectivity index (χ3n) is 2.82. The highest BCUT2D eigenvalue weighted by Gasteiger charge is 2.10. The maximum Gasteiger partial charge on any atom is 0.193 e. The minimum Gasteiger partial charge on any atom is -0.497 e. The summed E-state index contributed by atoms with van der Waals surface area (Å²) in [4.78, 5) is 12.4. The number of methoxy groups -OCH3 is 1. The number of carbonyl (C=O) groups excluding carboxylic acids is 1. The molecule has 2 rings (SSSR count). The predicted octanol–water partition coefficient (Wildman–Crippen LogP) is 3.71. The van der Waals surface area contributed by atoms with Gasteiger partial charge in [-0.15, -0.1) is 0 Å². The molecule has 0 radical (unpaired) electrons. The Kier molecular flexibility index (Phi) is 4.41. The summed E-state index contributed by atoms with van der Waals surface area (Å²) in [5.41, 5.74) is 1.25. The number of rotatable bonds is 5. The van der Waals surface area contributed by atoms with Crippen LogP contribution in [0.5, 0.6) is 11.5 Å². The monoisotopic (exact) mass is 270 g/mol. The third-order valence-corrected chi connectivity index (χ3v) is 2.82. The topological polar surface area (TPSA) is 35.5 Å². The summed E-state index contributed by atoms with van der Waals surface area (Å²) < 4.78 is 10.7. The van der Waals surface area contributed by atoms with Crippen LogP contribution < -0.4 is 9.47 Å². The fraction of sp³-hybridized carbons (Fsp3) is 0.235. The van der Waals surface area contributed by atoms with E-state index in [-0.39, 0.29) is 11.9 Å². The van der Waals surface area contributed by atoms with Gasteiger partial charge in [0.25, 0.3) is 0 Å². The van der Waals surface area contributed by atoms with E-state index in [1.807, 2.05) is 26.0 Å². The van der Waals surface area contributed by atoms with Crippen LogP contribution in [-0.2, 0) is 0 Å². The van der Waals surface area contributed by atoms with Gasteiger partial charge in [0.2, 0.25) is 0 Å². The van der Waals surface area contributed by atoms with Crippen molar-refractivity contribution in [2.24, 2.45) is 0 Å². The first-order chi connectivity index (χ1) is 9.60. The summed E-state index contributed by atoms with van der Waals surface area (Å²) in [6.07, 6.45) is 0.0846. The molecule has 0 aromatic heterocycles. The maximum absolute atomic E-state index is 12.4. The molecule has 0 spiro atoms. The third kappa shape index (κ3) is 3.38. The molecule has 0 atom stereocenters. The molecular formula is C17H18O3. The number of benzene rings is 2. The lowest BCUT2D eigenvalue weighted by Gasteiger charge is -2.10. The van der Waals surface area contributed by atoms with Gasteiger partial charge in [-0.2, -0.15) is 0 Å². The van der Waals surface area contributed by atoms with Crippen molar-refractivity contribution in [3.63, 3.8) is 0 Å². The van der Waals surface area contributed by atoms with Gasteiger partial charge in [-0.05, 0) is 50.2 Å². The molecule has 0 aliphatic carbocycles. The number of hydrogen-bond donors (Lipinski definition) is 0. The lowest BCUT2D eigenvalue weighted by molar-refractivity contribution is 0.103. The Hall–Kier alpha value is -2.29. The number of carbonyl (C=O) groups is 1. The van der Waals surface area contributed by atoms with Crippen molar-refractivity contribution >= 4 is 5.78 Å². The Bertz CT molecular complexity index is 585. The summed E-state index contributed by atoms with van der Waals surface area (Å²) in [5.74, 6) is 1.42. The van der Waals surface area contributed by atoms with Crippen LogP contribution in [0.25, 0.3) is 0 Å². The quantitative estimate of drug-likeness (QED) is 0.777. The van der Waals surface area contributed by atoms with Crippen LogP contribution in [0, 0.1) is 0 Å². The van der Waals surface area contributed by atoms with Crippen LogP contribution in [0.2, 0.25) is 0 Å². The first kappa shape index (κ1) is 14.1. The van der Waals surface area contributed by atoms with E-state index in [1.54, 1.807) is 43.5 Å². The Morgan fingerprint density at radius 1 is 0.950 bits per heavy atom. The minimum atomic E-state index is -0.0261. The average Bonchev–Trinajstić information content (AvgIpc) is 2.46.